The molecule has 2 heterocycles. The molecule has 1 aliphatic rings. The van der Waals surface area contributed by atoms with E-state index < -0.39 is 21.4 Å². The van der Waals surface area contributed by atoms with E-state index in [0.717, 1.165) is 23.4 Å². The molecule has 154 valence electrons. The fourth-order valence-corrected chi connectivity index (χ4v) is 4.07. The SMILES string of the molecule is CC(C)c1cn(Cc2ccc(S(C)(=N)=O)cc2F)c2c(F)c(C3CC3)nn2c1=O. The predicted molar refractivity (Wildman–Crippen MR) is 106 cm³/mol. The Morgan fingerprint density at radius 2 is 2.00 bits per heavy atom. The molecule has 1 fully saturated rings. The smallest absolute Gasteiger partial charge is 0.277 e. The molecular weight excluding hydrogens is 398 g/mol. The van der Waals surface area contributed by atoms with E-state index in [9.17, 15) is 13.4 Å². The van der Waals surface area contributed by atoms with E-state index in [4.69, 9.17) is 4.78 Å². The summed E-state index contributed by atoms with van der Waals surface area (Å²) in [5.41, 5.74) is 0.637. The first-order valence-electron chi connectivity index (χ1n) is 9.41. The summed E-state index contributed by atoms with van der Waals surface area (Å²) in [6, 6.07) is 3.97. The summed E-state index contributed by atoms with van der Waals surface area (Å²) in [6.07, 6.45) is 4.46. The van der Waals surface area contributed by atoms with E-state index in [2.05, 4.69) is 5.10 Å². The van der Waals surface area contributed by atoms with Crippen molar-refractivity contribution in [2.75, 3.05) is 6.26 Å². The second kappa shape index (κ2) is 6.76. The highest BCUT2D eigenvalue weighted by atomic mass is 32.2. The normalized spacial score (nSPS) is 16.5. The summed E-state index contributed by atoms with van der Waals surface area (Å²) in [5, 5.41) is 4.24. The Bertz CT molecular complexity index is 1290. The van der Waals surface area contributed by atoms with Gasteiger partial charge in [0.15, 0.2) is 11.5 Å². The summed E-state index contributed by atoms with van der Waals surface area (Å²) in [7, 11) is -3.04. The largest absolute Gasteiger partial charge is 0.325 e. The molecule has 1 aromatic carbocycles. The fourth-order valence-electron chi connectivity index (χ4n) is 3.42. The third kappa shape index (κ3) is 3.48. The number of benzene rings is 1. The van der Waals surface area contributed by atoms with Crippen LogP contribution >= 0.6 is 0 Å². The van der Waals surface area contributed by atoms with Crippen molar-refractivity contribution in [2.24, 2.45) is 0 Å². The van der Waals surface area contributed by atoms with Crippen molar-refractivity contribution in [3.63, 3.8) is 0 Å². The van der Waals surface area contributed by atoms with Crippen LogP contribution in [0.5, 0.6) is 0 Å². The molecule has 0 saturated heterocycles. The molecule has 1 N–H and O–H groups in total. The average molecular weight is 420 g/mol. The number of hydrogen-bond acceptors (Lipinski definition) is 4. The molecule has 1 aliphatic carbocycles. The lowest BCUT2D eigenvalue weighted by molar-refractivity contribution is 0.584. The summed E-state index contributed by atoms with van der Waals surface area (Å²) < 4.78 is 51.8. The minimum atomic E-state index is -3.04. The summed E-state index contributed by atoms with van der Waals surface area (Å²) in [6.45, 7) is 3.69. The summed E-state index contributed by atoms with van der Waals surface area (Å²) in [4.78, 5) is 12.9. The number of nitrogens with one attached hydrogen (secondary N) is 1. The number of halogens is 2. The van der Waals surface area contributed by atoms with Crippen LogP contribution in [-0.4, -0.2) is 24.6 Å². The van der Waals surface area contributed by atoms with E-state index in [0.29, 0.717) is 5.56 Å². The second-order valence-corrected chi connectivity index (χ2v) is 10.1. The molecule has 29 heavy (non-hydrogen) atoms. The van der Waals surface area contributed by atoms with Gasteiger partial charge in [0, 0.05) is 34.4 Å². The van der Waals surface area contributed by atoms with E-state index in [1.807, 2.05) is 13.8 Å². The van der Waals surface area contributed by atoms with Gasteiger partial charge in [-0.2, -0.15) is 9.61 Å². The van der Waals surface area contributed by atoms with Crippen LogP contribution < -0.4 is 5.56 Å². The second-order valence-electron chi connectivity index (χ2n) is 7.98. The molecule has 1 atom stereocenters. The van der Waals surface area contributed by atoms with Gasteiger partial charge in [-0.25, -0.2) is 17.8 Å². The maximum atomic E-state index is 15.1. The average Bonchev–Trinajstić information content (AvgIpc) is 3.41. The molecule has 4 rings (SSSR count). The molecule has 6 nitrogen and oxygen atoms in total. The first kappa shape index (κ1) is 19.8. The molecule has 0 amide bonds. The lowest BCUT2D eigenvalue weighted by Crippen LogP contribution is -2.24. The van der Waals surface area contributed by atoms with Gasteiger partial charge in [-0.3, -0.25) is 4.79 Å². The van der Waals surface area contributed by atoms with Crippen LogP contribution in [0.25, 0.3) is 5.65 Å². The zero-order valence-corrected chi connectivity index (χ0v) is 17.2. The zero-order valence-electron chi connectivity index (χ0n) is 16.4. The lowest BCUT2D eigenvalue weighted by atomic mass is 10.1. The maximum Gasteiger partial charge on any atom is 0.277 e. The predicted octanol–water partition coefficient (Wildman–Crippen LogP) is 3.86. The third-order valence-electron chi connectivity index (χ3n) is 5.24. The van der Waals surface area contributed by atoms with Crippen molar-refractivity contribution in [3.8, 4) is 0 Å². The Labute approximate surface area is 167 Å². The fraction of sp³-hybridized carbons (Fsp3) is 0.400. The Hall–Kier alpha value is -2.55. The highest BCUT2D eigenvalue weighted by molar-refractivity contribution is 7.91. The maximum absolute atomic E-state index is 15.1. The van der Waals surface area contributed by atoms with E-state index in [1.165, 1.54) is 23.0 Å². The topological polar surface area (TPSA) is 80.2 Å². The molecule has 1 saturated carbocycles. The van der Waals surface area contributed by atoms with Crippen molar-refractivity contribution in [1.29, 1.82) is 4.78 Å². The van der Waals surface area contributed by atoms with E-state index in [-0.39, 0.29) is 45.7 Å². The van der Waals surface area contributed by atoms with Gasteiger partial charge in [-0.1, -0.05) is 19.9 Å². The van der Waals surface area contributed by atoms with Crippen molar-refractivity contribution in [3.05, 3.63) is 63.2 Å². The molecule has 3 aromatic rings. The number of aromatic nitrogens is 3. The van der Waals surface area contributed by atoms with Gasteiger partial charge in [0.25, 0.3) is 5.56 Å². The van der Waals surface area contributed by atoms with Crippen molar-refractivity contribution < 1.29 is 13.0 Å². The van der Waals surface area contributed by atoms with Gasteiger partial charge in [0.05, 0.1) is 16.3 Å². The molecule has 2 aromatic heterocycles. The molecule has 0 aliphatic heterocycles. The van der Waals surface area contributed by atoms with Crippen LogP contribution in [0.3, 0.4) is 0 Å². The Morgan fingerprint density at radius 1 is 1.31 bits per heavy atom. The van der Waals surface area contributed by atoms with Gasteiger partial charge in [-0.05, 0) is 30.9 Å². The third-order valence-corrected chi connectivity index (χ3v) is 6.39. The van der Waals surface area contributed by atoms with Gasteiger partial charge in [0.2, 0.25) is 0 Å². The highest BCUT2D eigenvalue weighted by Gasteiger charge is 2.32. The quantitative estimate of drug-likeness (QED) is 0.681. The highest BCUT2D eigenvalue weighted by Crippen LogP contribution is 2.41. The lowest BCUT2D eigenvalue weighted by Gasteiger charge is -2.14. The Kier molecular flexibility index (Phi) is 4.60. The molecule has 1 unspecified atom stereocenters. The number of rotatable bonds is 5. The minimum absolute atomic E-state index is 0.0181. The number of fused-ring (bicyclic) bond motifs is 1. The van der Waals surface area contributed by atoms with E-state index >= 15 is 4.39 Å². The first-order valence-corrected chi connectivity index (χ1v) is 11.4. The van der Waals surface area contributed by atoms with Crippen molar-refractivity contribution >= 4 is 15.4 Å². The molecule has 0 radical (unpaired) electrons. The van der Waals surface area contributed by atoms with Crippen molar-refractivity contribution in [1.82, 2.24) is 14.2 Å². The molecule has 9 heteroatoms. The van der Waals surface area contributed by atoms with Crippen LogP contribution in [0.2, 0.25) is 0 Å². The van der Waals surface area contributed by atoms with Crippen LogP contribution in [0.15, 0.2) is 34.1 Å². The van der Waals surface area contributed by atoms with Crippen LogP contribution in [0.4, 0.5) is 8.78 Å². The summed E-state index contributed by atoms with van der Waals surface area (Å²) >= 11 is 0. The minimum Gasteiger partial charge on any atom is -0.325 e. The Balaban J connectivity index is 1.89. The molecular formula is C20H22F2N4O2S. The van der Waals surface area contributed by atoms with Crippen LogP contribution in [-0.2, 0) is 16.3 Å². The number of nitrogens with zero attached hydrogens (tertiary/aromatic N) is 3. The van der Waals surface area contributed by atoms with Gasteiger partial charge in [-0.15, -0.1) is 0 Å². The van der Waals surface area contributed by atoms with Crippen LogP contribution in [0, 0.1) is 16.4 Å². The standard InChI is InChI=1S/C20H22F2N4O2S/c1-11(2)15-10-25(9-13-6-7-14(8-16(13)21)29(3,23)28)19-17(22)18(12-4-5-12)24-26(19)20(15)27/h6-8,10-12,23H,4-5,9H2,1-3H3. The number of hydrogen-bond donors (Lipinski definition) is 1. The van der Waals surface area contributed by atoms with Gasteiger partial charge in [0.1, 0.15) is 11.5 Å². The monoisotopic (exact) mass is 420 g/mol. The molecule has 0 bridgehead atoms. The van der Waals surface area contributed by atoms with E-state index in [1.54, 1.807) is 6.20 Å². The van der Waals surface area contributed by atoms with Crippen LogP contribution in [0.1, 0.15) is 55.3 Å². The van der Waals surface area contributed by atoms with Gasteiger partial charge >= 0.3 is 0 Å². The zero-order chi connectivity index (χ0) is 21.1. The van der Waals surface area contributed by atoms with Gasteiger partial charge < -0.3 is 4.57 Å². The Morgan fingerprint density at radius 3 is 2.55 bits per heavy atom. The summed E-state index contributed by atoms with van der Waals surface area (Å²) in [5.74, 6) is -1.26. The first-order chi connectivity index (χ1) is 13.6. The van der Waals surface area contributed by atoms with Crippen molar-refractivity contribution in [2.45, 2.75) is 50.0 Å². The molecule has 0 spiro atoms.